The van der Waals surface area contributed by atoms with Crippen LogP contribution in [0.5, 0.6) is 0 Å². The minimum Gasteiger partial charge on any atom is -0.311 e. The monoisotopic (exact) mass is 278 g/mol. The average molecular weight is 278 g/mol. The van der Waals surface area contributed by atoms with E-state index < -0.39 is 0 Å². The zero-order valence-corrected chi connectivity index (χ0v) is 11.4. The molecule has 2 heterocycles. The molecule has 0 atom stereocenters. The molecule has 0 saturated carbocycles. The van der Waals surface area contributed by atoms with Gasteiger partial charge in [-0.3, -0.25) is 9.78 Å². The highest BCUT2D eigenvalue weighted by Crippen LogP contribution is 2.13. The van der Waals surface area contributed by atoms with E-state index in [0.717, 1.165) is 16.6 Å². The van der Waals surface area contributed by atoms with Gasteiger partial charge in [0.25, 0.3) is 0 Å². The number of aromatic nitrogens is 3. The van der Waals surface area contributed by atoms with Gasteiger partial charge in [-0.1, -0.05) is 24.3 Å². The zero-order valence-electron chi connectivity index (χ0n) is 11.4. The molecule has 104 valence electrons. The highest BCUT2D eigenvalue weighted by atomic mass is 16.1. The van der Waals surface area contributed by atoms with Crippen LogP contribution in [0.4, 0.5) is 5.82 Å². The Balaban J connectivity index is 1.62. The molecular formula is C16H14N4O. The van der Waals surface area contributed by atoms with Gasteiger partial charge < -0.3 is 5.32 Å². The summed E-state index contributed by atoms with van der Waals surface area (Å²) >= 11 is 0. The summed E-state index contributed by atoms with van der Waals surface area (Å²) in [5.41, 5.74) is 1.86. The fourth-order valence-corrected chi connectivity index (χ4v) is 2.06. The van der Waals surface area contributed by atoms with Crippen LogP contribution in [0.1, 0.15) is 12.1 Å². The molecule has 3 rings (SSSR count). The number of rotatable bonds is 4. The Labute approximate surface area is 122 Å². The Morgan fingerprint density at radius 2 is 2.00 bits per heavy atom. The SMILES string of the molecule is O=C(CCc1ccc2ccccc2n1)Nc1ccncn1. The van der Waals surface area contributed by atoms with E-state index in [4.69, 9.17) is 0 Å². The van der Waals surface area contributed by atoms with Gasteiger partial charge in [0.2, 0.25) is 5.91 Å². The maximum Gasteiger partial charge on any atom is 0.225 e. The fourth-order valence-electron chi connectivity index (χ4n) is 2.06. The van der Waals surface area contributed by atoms with Crippen molar-refractivity contribution in [2.45, 2.75) is 12.8 Å². The lowest BCUT2D eigenvalue weighted by Crippen LogP contribution is -2.13. The molecule has 0 saturated heterocycles. The molecule has 0 radical (unpaired) electrons. The van der Waals surface area contributed by atoms with E-state index in [2.05, 4.69) is 20.3 Å². The highest BCUT2D eigenvalue weighted by Gasteiger charge is 2.05. The molecule has 0 spiro atoms. The molecule has 5 nitrogen and oxygen atoms in total. The first-order valence-electron chi connectivity index (χ1n) is 6.72. The number of hydrogen-bond donors (Lipinski definition) is 1. The van der Waals surface area contributed by atoms with Gasteiger partial charge in [-0.2, -0.15) is 0 Å². The number of pyridine rings is 1. The maximum atomic E-state index is 11.9. The van der Waals surface area contributed by atoms with E-state index in [-0.39, 0.29) is 5.91 Å². The third-order valence-corrected chi connectivity index (χ3v) is 3.11. The van der Waals surface area contributed by atoms with E-state index in [1.165, 1.54) is 6.33 Å². The van der Waals surface area contributed by atoms with Crippen molar-refractivity contribution in [2.24, 2.45) is 0 Å². The molecule has 3 aromatic rings. The van der Waals surface area contributed by atoms with E-state index in [1.54, 1.807) is 12.3 Å². The van der Waals surface area contributed by atoms with E-state index in [9.17, 15) is 4.79 Å². The summed E-state index contributed by atoms with van der Waals surface area (Å²) in [6.45, 7) is 0. The van der Waals surface area contributed by atoms with Crippen LogP contribution in [-0.2, 0) is 11.2 Å². The van der Waals surface area contributed by atoms with Crippen LogP contribution in [0, 0.1) is 0 Å². The van der Waals surface area contributed by atoms with Gasteiger partial charge in [-0.15, -0.1) is 0 Å². The Morgan fingerprint density at radius 3 is 2.86 bits per heavy atom. The van der Waals surface area contributed by atoms with Gasteiger partial charge in [-0.05, 0) is 24.6 Å². The second-order valence-electron chi connectivity index (χ2n) is 4.64. The van der Waals surface area contributed by atoms with E-state index in [0.29, 0.717) is 18.7 Å². The second-order valence-corrected chi connectivity index (χ2v) is 4.64. The summed E-state index contributed by atoms with van der Waals surface area (Å²) in [6.07, 6.45) is 3.96. The zero-order chi connectivity index (χ0) is 14.5. The van der Waals surface area contributed by atoms with Crippen molar-refractivity contribution in [3.05, 3.63) is 60.7 Å². The van der Waals surface area contributed by atoms with Gasteiger partial charge >= 0.3 is 0 Å². The lowest BCUT2D eigenvalue weighted by atomic mass is 10.1. The largest absolute Gasteiger partial charge is 0.311 e. The second kappa shape index (κ2) is 6.09. The summed E-state index contributed by atoms with van der Waals surface area (Å²) in [4.78, 5) is 24.2. The van der Waals surface area contributed by atoms with Crippen LogP contribution in [0.25, 0.3) is 10.9 Å². The Hall–Kier alpha value is -2.82. The summed E-state index contributed by atoms with van der Waals surface area (Å²) in [5.74, 6) is 0.435. The van der Waals surface area contributed by atoms with Gasteiger partial charge in [-0.25, -0.2) is 9.97 Å². The number of benzene rings is 1. The molecule has 5 heteroatoms. The minimum absolute atomic E-state index is 0.0799. The van der Waals surface area contributed by atoms with Crippen LogP contribution in [0.3, 0.4) is 0 Å². The van der Waals surface area contributed by atoms with Gasteiger partial charge in [0.1, 0.15) is 12.1 Å². The topological polar surface area (TPSA) is 67.8 Å². The standard InChI is InChI=1S/C16H14N4O/c21-16(20-15-9-10-17-11-18-15)8-7-13-6-5-12-3-1-2-4-14(12)19-13/h1-6,9-11H,7-8H2,(H,17,18,20,21). The number of aryl methyl sites for hydroxylation is 1. The number of nitrogens with one attached hydrogen (secondary N) is 1. The summed E-state index contributed by atoms with van der Waals surface area (Å²) in [5, 5.41) is 3.83. The maximum absolute atomic E-state index is 11.9. The molecule has 1 aromatic carbocycles. The van der Waals surface area contributed by atoms with Crippen LogP contribution >= 0.6 is 0 Å². The Kier molecular flexibility index (Phi) is 3.82. The predicted molar refractivity (Wildman–Crippen MR) is 80.7 cm³/mol. The molecule has 0 aliphatic heterocycles. The van der Waals surface area contributed by atoms with Crippen molar-refractivity contribution in [3.63, 3.8) is 0 Å². The van der Waals surface area contributed by atoms with Crippen LogP contribution < -0.4 is 5.32 Å². The van der Waals surface area contributed by atoms with Crippen molar-refractivity contribution in [2.75, 3.05) is 5.32 Å². The van der Waals surface area contributed by atoms with Crippen LogP contribution in [0.2, 0.25) is 0 Å². The fraction of sp³-hybridized carbons (Fsp3) is 0.125. The third-order valence-electron chi connectivity index (χ3n) is 3.11. The molecule has 0 aliphatic carbocycles. The lowest BCUT2D eigenvalue weighted by molar-refractivity contribution is -0.116. The van der Waals surface area contributed by atoms with Gasteiger partial charge in [0, 0.05) is 23.7 Å². The number of carbonyl (C=O) groups is 1. The lowest BCUT2D eigenvalue weighted by Gasteiger charge is -2.04. The van der Waals surface area contributed by atoms with Gasteiger partial charge in [0.05, 0.1) is 5.52 Å². The van der Waals surface area contributed by atoms with Crippen molar-refractivity contribution in [3.8, 4) is 0 Å². The number of amides is 1. The molecule has 0 fully saturated rings. The molecule has 1 amide bonds. The van der Waals surface area contributed by atoms with E-state index >= 15 is 0 Å². The normalized spacial score (nSPS) is 10.5. The molecular weight excluding hydrogens is 264 g/mol. The predicted octanol–water partition coefficient (Wildman–Crippen LogP) is 2.60. The summed E-state index contributed by atoms with van der Waals surface area (Å²) < 4.78 is 0. The quantitative estimate of drug-likeness (QED) is 0.796. The first kappa shape index (κ1) is 13.2. The number of para-hydroxylation sites is 1. The molecule has 0 unspecified atom stereocenters. The smallest absolute Gasteiger partial charge is 0.225 e. The van der Waals surface area contributed by atoms with Crippen molar-refractivity contribution >= 4 is 22.6 Å². The first-order chi connectivity index (χ1) is 10.3. The molecule has 0 bridgehead atoms. The minimum atomic E-state index is -0.0799. The molecule has 0 aliphatic rings. The number of nitrogens with zero attached hydrogens (tertiary/aromatic N) is 3. The third kappa shape index (κ3) is 3.39. The van der Waals surface area contributed by atoms with Gasteiger partial charge in [0.15, 0.2) is 0 Å². The summed E-state index contributed by atoms with van der Waals surface area (Å²) in [6, 6.07) is 13.6. The van der Waals surface area contributed by atoms with Crippen molar-refractivity contribution in [1.29, 1.82) is 0 Å². The number of anilines is 1. The number of hydrogen-bond acceptors (Lipinski definition) is 4. The molecule has 21 heavy (non-hydrogen) atoms. The highest BCUT2D eigenvalue weighted by molar-refractivity contribution is 5.89. The molecule has 2 aromatic heterocycles. The van der Waals surface area contributed by atoms with Crippen molar-refractivity contribution < 1.29 is 4.79 Å². The molecule has 1 N–H and O–H groups in total. The van der Waals surface area contributed by atoms with Crippen molar-refractivity contribution in [1.82, 2.24) is 15.0 Å². The Bertz CT molecular complexity index is 758. The first-order valence-corrected chi connectivity index (χ1v) is 6.72. The van der Waals surface area contributed by atoms with E-state index in [1.807, 2.05) is 36.4 Å². The summed E-state index contributed by atoms with van der Waals surface area (Å²) in [7, 11) is 0. The average Bonchev–Trinajstić information content (AvgIpc) is 2.54. The number of carbonyl (C=O) groups excluding carboxylic acids is 1. The Morgan fingerprint density at radius 1 is 1.10 bits per heavy atom. The number of fused-ring (bicyclic) bond motifs is 1. The van der Waals surface area contributed by atoms with Crippen LogP contribution in [-0.4, -0.2) is 20.9 Å². The van der Waals surface area contributed by atoms with Crippen LogP contribution in [0.15, 0.2) is 55.0 Å².